The first-order chi connectivity index (χ1) is 13.3. The highest BCUT2D eigenvalue weighted by molar-refractivity contribution is 7.13. The van der Waals surface area contributed by atoms with Crippen LogP contribution in [0.2, 0.25) is 0 Å². The topological polar surface area (TPSA) is 93.7 Å². The third-order valence-corrected chi connectivity index (χ3v) is 5.73. The van der Waals surface area contributed by atoms with Gasteiger partial charge in [0.15, 0.2) is 11.5 Å². The Morgan fingerprint density at radius 1 is 1.21 bits per heavy atom. The molecule has 2 amide bonds. The molecule has 148 valence electrons. The summed E-state index contributed by atoms with van der Waals surface area (Å²) in [6.07, 6.45) is 1.75. The molecule has 1 aromatic heterocycles. The zero-order valence-corrected chi connectivity index (χ0v) is 16.8. The zero-order chi connectivity index (χ0) is 19.9. The second-order valence-electron chi connectivity index (χ2n) is 7.87. The molecule has 28 heavy (non-hydrogen) atoms. The van der Waals surface area contributed by atoms with E-state index in [4.69, 9.17) is 9.47 Å². The lowest BCUT2D eigenvalue weighted by molar-refractivity contribution is -0.140. The fourth-order valence-electron chi connectivity index (χ4n) is 3.32. The summed E-state index contributed by atoms with van der Waals surface area (Å²) in [6.45, 7) is 6.62. The van der Waals surface area contributed by atoms with Crippen molar-refractivity contribution in [2.75, 3.05) is 18.7 Å². The first-order valence-electron chi connectivity index (χ1n) is 9.18. The van der Waals surface area contributed by atoms with Crippen LogP contribution in [0.15, 0.2) is 18.2 Å². The Morgan fingerprint density at radius 3 is 2.79 bits per heavy atom. The van der Waals surface area contributed by atoms with Crippen molar-refractivity contribution in [2.24, 2.45) is 5.41 Å². The van der Waals surface area contributed by atoms with Crippen LogP contribution in [0.4, 0.5) is 5.69 Å². The molecule has 9 heteroatoms. The van der Waals surface area contributed by atoms with Gasteiger partial charge < -0.3 is 19.7 Å². The van der Waals surface area contributed by atoms with Crippen molar-refractivity contribution in [3.8, 4) is 11.5 Å². The number of carbonyl (C=O) groups is 2. The van der Waals surface area contributed by atoms with Gasteiger partial charge in [-0.2, -0.15) is 0 Å². The van der Waals surface area contributed by atoms with Crippen LogP contribution in [0.3, 0.4) is 0 Å². The number of fused-ring (bicyclic) bond motifs is 1. The first-order valence-corrected chi connectivity index (χ1v) is 10.00. The van der Waals surface area contributed by atoms with Crippen molar-refractivity contribution in [3.63, 3.8) is 0 Å². The first kappa shape index (κ1) is 18.7. The van der Waals surface area contributed by atoms with Gasteiger partial charge in [-0.3, -0.25) is 9.59 Å². The lowest BCUT2D eigenvalue weighted by Gasteiger charge is -2.29. The van der Waals surface area contributed by atoms with Crippen LogP contribution in [0, 0.1) is 5.41 Å². The van der Waals surface area contributed by atoms with Crippen LogP contribution >= 0.6 is 11.3 Å². The molecule has 0 bridgehead atoms. The van der Waals surface area contributed by atoms with E-state index in [0.29, 0.717) is 28.7 Å². The molecule has 2 aliphatic heterocycles. The number of benzene rings is 1. The van der Waals surface area contributed by atoms with Gasteiger partial charge in [-0.15, -0.1) is 10.2 Å². The van der Waals surface area contributed by atoms with Gasteiger partial charge in [0.25, 0.3) is 5.91 Å². The highest BCUT2D eigenvalue weighted by Crippen LogP contribution is 2.37. The fourth-order valence-corrected chi connectivity index (χ4v) is 4.20. The molecule has 3 heterocycles. The highest BCUT2D eigenvalue weighted by atomic mass is 32.1. The zero-order valence-electron chi connectivity index (χ0n) is 16.0. The third kappa shape index (κ3) is 3.54. The van der Waals surface area contributed by atoms with Crippen molar-refractivity contribution >= 4 is 28.8 Å². The summed E-state index contributed by atoms with van der Waals surface area (Å²) in [6, 6.07) is 5.09. The second-order valence-corrected chi connectivity index (χ2v) is 8.88. The number of ether oxygens (including phenoxy) is 2. The summed E-state index contributed by atoms with van der Waals surface area (Å²) in [5.74, 6) is 1.00. The molecule has 0 aliphatic carbocycles. The van der Waals surface area contributed by atoms with E-state index in [1.165, 1.54) is 11.3 Å². The molecular formula is C19H22N4O4S. The van der Waals surface area contributed by atoms with Crippen LogP contribution in [0.1, 0.15) is 54.5 Å². The number of likely N-dealkylation sites (tertiary alicyclic amines) is 1. The number of anilines is 1. The average molecular weight is 402 g/mol. The Morgan fingerprint density at radius 2 is 2.00 bits per heavy atom. The van der Waals surface area contributed by atoms with Gasteiger partial charge in [-0.1, -0.05) is 32.1 Å². The minimum Gasteiger partial charge on any atom is -0.454 e. The average Bonchev–Trinajstić information content (AvgIpc) is 3.38. The number of hydrogen-bond donors (Lipinski definition) is 1. The van der Waals surface area contributed by atoms with E-state index in [2.05, 4.69) is 15.5 Å². The van der Waals surface area contributed by atoms with Crippen molar-refractivity contribution in [1.29, 1.82) is 0 Å². The third-order valence-electron chi connectivity index (χ3n) is 4.71. The van der Waals surface area contributed by atoms with Crippen molar-refractivity contribution in [2.45, 2.75) is 39.7 Å². The molecule has 1 aromatic carbocycles. The monoisotopic (exact) mass is 402 g/mol. The number of rotatable bonds is 3. The quantitative estimate of drug-likeness (QED) is 0.847. The van der Waals surface area contributed by atoms with E-state index in [0.717, 1.165) is 12.8 Å². The molecular weight excluding hydrogens is 380 g/mol. The van der Waals surface area contributed by atoms with E-state index in [1.54, 1.807) is 18.2 Å². The van der Waals surface area contributed by atoms with Crippen LogP contribution in [0.25, 0.3) is 0 Å². The summed E-state index contributed by atoms with van der Waals surface area (Å²) in [7, 11) is 0. The minimum absolute atomic E-state index is 0.0940. The van der Waals surface area contributed by atoms with Gasteiger partial charge >= 0.3 is 0 Å². The Balaban J connectivity index is 1.48. The molecule has 8 nitrogen and oxygen atoms in total. The standard InChI is InChI=1S/C19H22N4O4S/c1-19(2,3)18(25)23-8-4-5-12(23)16-21-22-17(28-16)15(24)20-11-6-7-13-14(9-11)27-10-26-13/h6-7,9,12H,4-5,8,10H2,1-3H3,(H,20,24)/t12-/m0/s1. The SMILES string of the molecule is CC(C)(C)C(=O)N1CCC[C@H]1c1nnc(C(=O)Nc2ccc3c(c2)OCO3)s1. The van der Waals surface area contributed by atoms with Gasteiger partial charge in [0, 0.05) is 23.7 Å². The lowest BCUT2D eigenvalue weighted by Crippen LogP contribution is -2.38. The predicted octanol–water partition coefficient (Wildman–Crippen LogP) is 3.23. The second kappa shape index (κ2) is 7.05. The molecule has 2 aromatic rings. The van der Waals surface area contributed by atoms with E-state index < -0.39 is 5.41 Å². The summed E-state index contributed by atoms with van der Waals surface area (Å²) in [5, 5.41) is 12.0. The Hall–Kier alpha value is -2.68. The molecule has 1 N–H and O–H groups in total. The maximum absolute atomic E-state index is 12.7. The van der Waals surface area contributed by atoms with E-state index >= 15 is 0 Å². The maximum Gasteiger partial charge on any atom is 0.286 e. The molecule has 4 rings (SSSR count). The molecule has 0 saturated carbocycles. The number of aromatic nitrogens is 2. The van der Waals surface area contributed by atoms with E-state index in [-0.39, 0.29) is 29.7 Å². The molecule has 0 unspecified atom stereocenters. The van der Waals surface area contributed by atoms with Crippen molar-refractivity contribution in [1.82, 2.24) is 15.1 Å². The smallest absolute Gasteiger partial charge is 0.286 e. The Bertz CT molecular complexity index is 921. The number of hydrogen-bond acceptors (Lipinski definition) is 7. The largest absolute Gasteiger partial charge is 0.454 e. The Kier molecular flexibility index (Phi) is 4.70. The summed E-state index contributed by atoms with van der Waals surface area (Å²) in [5.41, 5.74) is 0.142. The lowest BCUT2D eigenvalue weighted by atomic mass is 9.94. The summed E-state index contributed by atoms with van der Waals surface area (Å²) in [4.78, 5) is 27.1. The van der Waals surface area contributed by atoms with Gasteiger partial charge in [0.05, 0.1) is 6.04 Å². The number of amides is 2. The van der Waals surface area contributed by atoms with Crippen LogP contribution in [-0.4, -0.2) is 40.2 Å². The maximum atomic E-state index is 12.7. The molecule has 1 atom stereocenters. The van der Waals surface area contributed by atoms with Gasteiger partial charge in [-0.05, 0) is 25.0 Å². The van der Waals surface area contributed by atoms with E-state index in [1.807, 2.05) is 25.7 Å². The van der Waals surface area contributed by atoms with E-state index in [9.17, 15) is 9.59 Å². The number of carbonyl (C=O) groups excluding carboxylic acids is 2. The fraction of sp³-hybridized carbons (Fsp3) is 0.474. The van der Waals surface area contributed by atoms with Crippen LogP contribution in [-0.2, 0) is 4.79 Å². The molecule has 2 aliphatic rings. The summed E-state index contributed by atoms with van der Waals surface area (Å²) < 4.78 is 10.6. The van der Waals surface area contributed by atoms with Crippen molar-refractivity contribution < 1.29 is 19.1 Å². The number of nitrogens with one attached hydrogen (secondary N) is 1. The number of nitrogens with zero attached hydrogens (tertiary/aromatic N) is 3. The van der Waals surface area contributed by atoms with Gasteiger partial charge in [0.2, 0.25) is 17.7 Å². The van der Waals surface area contributed by atoms with Crippen LogP contribution < -0.4 is 14.8 Å². The molecule has 0 spiro atoms. The predicted molar refractivity (Wildman–Crippen MR) is 104 cm³/mol. The van der Waals surface area contributed by atoms with Crippen LogP contribution in [0.5, 0.6) is 11.5 Å². The van der Waals surface area contributed by atoms with Gasteiger partial charge in [-0.25, -0.2) is 0 Å². The normalized spacial score (nSPS) is 18.4. The van der Waals surface area contributed by atoms with Crippen molar-refractivity contribution in [3.05, 3.63) is 28.2 Å². The summed E-state index contributed by atoms with van der Waals surface area (Å²) >= 11 is 1.23. The molecule has 0 radical (unpaired) electrons. The Labute approximate surface area is 166 Å². The molecule has 1 saturated heterocycles. The minimum atomic E-state index is -0.452. The molecule has 1 fully saturated rings. The highest BCUT2D eigenvalue weighted by Gasteiger charge is 2.37. The van der Waals surface area contributed by atoms with Gasteiger partial charge in [0.1, 0.15) is 5.01 Å².